The fourth-order valence-electron chi connectivity index (χ4n) is 1.37. The molecule has 0 fully saturated rings. The first kappa shape index (κ1) is 15.1. The first-order valence-corrected chi connectivity index (χ1v) is 6.54. The molecule has 0 bridgehead atoms. The van der Waals surface area contributed by atoms with Crippen molar-refractivity contribution in [3.63, 3.8) is 0 Å². The molecule has 0 aliphatic rings. The Bertz CT molecular complexity index is 410. The molecule has 0 saturated carbocycles. The van der Waals surface area contributed by atoms with E-state index in [9.17, 15) is 10.1 Å². The Kier molecular flexibility index (Phi) is 6.24. The summed E-state index contributed by atoms with van der Waals surface area (Å²) in [7, 11) is 0. The van der Waals surface area contributed by atoms with E-state index < -0.39 is 4.92 Å². The molecule has 0 spiro atoms. The molecule has 0 aliphatic carbocycles. The third-order valence-corrected chi connectivity index (χ3v) is 3.04. The first-order chi connectivity index (χ1) is 8.50. The Morgan fingerprint density at radius 3 is 2.78 bits per heavy atom. The molecule has 0 aromatic heterocycles. The zero-order valence-corrected chi connectivity index (χ0v) is 12.1. The lowest BCUT2D eigenvalue weighted by Crippen LogP contribution is -2.26. The average molecular weight is 317 g/mol. The van der Waals surface area contributed by atoms with Crippen molar-refractivity contribution in [1.29, 1.82) is 0 Å². The van der Waals surface area contributed by atoms with E-state index in [0.717, 1.165) is 12.1 Å². The van der Waals surface area contributed by atoms with Crippen LogP contribution < -0.4 is 5.32 Å². The van der Waals surface area contributed by atoms with Gasteiger partial charge in [0.05, 0.1) is 18.1 Å². The Morgan fingerprint density at radius 2 is 2.22 bits per heavy atom. The average Bonchev–Trinajstić information content (AvgIpc) is 2.29. The van der Waals surface area contributed by atoms with E-state index in [-0.39, 0.29) is 5.69 Å². The van der Waals surface area contributed by atoms with Crippen LogP contribution in [0.25, 0.3) is 0 Å². The van der Waals surface area contributed by atoms with Crippen LogP contribution in [0.3, 0.4) is 0 Å². The number of nitro groups is 1. The molecule has 1 aromatic carbocycles. The number of hydrogen-bond donors (Lipinski definition) is 1. The lowest BCUT2D eigenvalue weighted by atomic mass is 10.2. The van der Waals surface area contributed by atoms with Crippen molar-refractivity contribution < 1.29 is 9.66 Å². The quantitative estimate of drug-likeness (QED) is 0.477. The molecule has 0 saturated heterocycles. The maximum absolute atomic E-state index is 10.6. The van der Waals surface area contributed by atoms with Gasteiger partial charge in [0.25, 0.3) is 5.69 Å². The predicted octanol–water partition coefficient (Wildman–Crippen LogP) is 2.87. The van der Waals surface area contributed by atoms with E-state index >= 15 is 0 Å². The maximum atomic E-state index is 10.6. The van der Waals surface area contributed by atoms with Crippen LogP contribution in [0.1, 0.15) is 19.4 Å². The van der Waals surface area contributed by atoms with Gasteiger partial charge in [-0.15, -0.1) is 0 Å². The second-order valence-electron chi connectivity index (χ2n) is 4.19. The van der Waals surface area contributed by atoms with E-state index in [2.05, 4.69) is 35.1 Å². The molecule has 0 amide bonds. The van der Waals surface area contributed by atoms with Gasteiger partial charge in [-0.05, 0) is 11.6 Å². The van der Waals surface area contributed by atoms with Gasteiger partial charge >= 0.3 is 0 Å². The van der Waals surface area contributed by atoms with Crippen molar-refractivity contribution in [1.82, 2.24) is 5.32 Å². The molecular formula is C12H17BrN2O3. The number of halogens is 1. The molecule has 6 heteroatoms. The lowest BCUT2D eigenvalue weighted by Gasteiger charge is -2.09. The molecule has 1 rings (SSSR count). The summed E-state index contributed by atoms with van der Waals surface area (Å²) in [6.07, 6.45) is 0. The molecule has 5 nitrogen and oxygen atoms in total. The molecule has 0 unspecified atom stereocenters. The predicted molar refractivity (Wildman–Crippen MR) is 73.6 cm³/mol. The fourth-order valence-corrected chi connectivity index (χ4v) is 1.85. The third-order valence-electron chi connectivity index (χ3n) is 2.30. The number of rotatable bonds is 7. The van der Waals surface area contributed by atoms with E-state index in [1.54, 1.807) is 6.07 Å². The molecule has 0 heterocycles. The van der Waals surface area contributed by atoms with Gasteiger partial charge in [0.1, 0.15) is 0 Å². The Hall–Kier alpha value is -0.980. The minimum Gasteiger partial charge on any atom is -0.375 e. The molecule has 0 radical (unpaired) electrons. The van der Waals surface area contributed by atoms with Gasteiger partial charge in [0.2, 0.25) is 0 Å². The standard InChI is InChI=1S/C12H17BrN2O3/c1-9(2)14-5-6-18-8-10-3-4-11(15(16)17)7-12(10)13/h3-4,7,9,14H,5-6,8H2,1-2H3. The Balaban J connectivity index is 2.41. The van der Waals surface area contributed by atoms with Crippen LogP contribution in [0.2, 0.25) is 0 Å². The summed E-state index contributed by atoms with van der Waals surface area (Å²) in [4.78, 5) is 10.2. The number of ether oxygens (including phenoxy) is 1. The van der Waals surface area contributed by atoms with E-state index in [1.807, 2.05) is 0 Å². The van der Waals surface area contributed by atoms with Crippen LogP contribution in [0.5, 0.6) is 0 Å². The van der Waals surface area contributed by atoms with Crippen LogP contribution in [-0.2, 0) is 11.3 Å². The summed E-state index contributed by atoms with van der Waals surface area (Å²) in [6.45, 7) is 6.00. The van der Waals surface area contributed by atoms with Crippen LogP contribution >= 0.6 is 15.9 Å². The topological polar surface area (TPSA) is 64.4 Å². The van der Waals surface area contributed by atoms with Crippen molar-refractivity contribution >= 4 is 21.6 Å². The summed E-state index contributed by atoms with van der Waals surface area (Å²) < 4.78 is 6.19. The Labute approximate surface area is 115 Å². The summed E-state index contributed by atoms with van der Waals surface area (Å²) in [6, 6.07) is 5.12. The number of nitrogens with zero attached hydrogens (tertiary/aromatic N) is 1. The van der Waals surface area contributed by atoms with Gasteiger partial charge in [-0.3, -0.25) is 10.1 Å². The van der Waals surface area contributed by atoms with Gasteiger partial charge in [0, 0.05) is 29.2 Å². The zero-order chi connectivity index (χ0) is 13.5. The maximum Gasteiger partial charge on any atom is 0.270 e. The van der Waals surface area contributed by atoms with Gasteiger partial charge in [-0.2, -0.15) is 0 Å². The van der Waals surface area contributed by atoms with Gasteiger partial charge in [-0.25, -0.2) is 0 Å². The van der Waals surface area contributed by atoms with Crippen LogP contribution in [0.15, 0.2) is 22.7 Å². The van der Waals surface area contributed by atoms with Crippen LogP contribution in [-0.4, -0.2) is 24.1 Å². The van der Waals surface area contributed by atoms with Crippen molar-refractivity contribution in [2.45, 2.75) is 26.5 Å². The molecule has 18 heavy (non-hydrogen) atoms. The van der Waals surface area contributed by atoms with Crippen LogP contribution in [0, 0.1) is 10.1 Å². The smallest absolute Gasteiger partial charge is 0.270 e. The van der Waals surface area contributed by atoms with E-state index in [0.29, 0.717) is 23.7 Å². The highest BCUT2D eigenvalue weighted by molar-refractivity contribution is 9.10. The number of hydrogen-bond acceptors (Lipinski definition) is 4. The Morgan fingerprint density at radius 1 is 1.50 bits per heavy atom. The van der Waals surface area contributed by atoms with Crippen molar-refractivity contribution in [2.75, 3.05) is 13.2 Å². The molecule has 0 aliphatic heterocycles. The third kappa shape index (κ3) is 5.12. The number of nitro benzene ring substituents is 1. The molecule has 1 N–H and O–H groups in total. The second kappa shape index (κ2) is 7.45. The SMILES string of the molecule is CC(C)NCCOCc1ccc([N+](=O)[O-])cc1Br. The number of nitrogens with one attached hydrogen (secondary N) is 1. The molecule has 1 aromatic rings. The van der Waals surface area contributed by atoms with Crippen LogP contribution in [0.4, 0.5) is 5.69 Å². The highest BCUT2D eigenvalue weighted by Crippen LogP contribution is 2.23. The highest BCUT2D eigenvalue weighted by atomic mass is 79.9. The minimum atomic E-state index is -0.415. The summed E-state index contributed by atoms with van der Waals surface area (Å²) in [5.74, 6) is 0. The van der Waals surface area contributed by atoms with Gasteiger partial charge in [0.15, 0.2) is 0 Å². The van der Waals surface area contributed by atoms with Gasteiger partial charge in [-0.1, -0.05) is 29.8 Å². The largest absolute Gasteiger partial charge is 0.375 e. The summed E-state index contributed by atoms with van der Waals surface area (Å²) >= 11 is 3.31. The summed E-state index contributed by atoms with van der Waals surface area (Å²) in [5.41, 5.74) is 0.984. The number of non-ortho nitro benzene ring substituents is 1. The molecular weight excluding hydrogens is 300 g/mol. The molecule has 100 valence electrons. The first-order valence-electron chi connectivity index (χ1n) is 5.74. The minimum absolute atomic E-state index is 0.0760. The zero-order valence-electron chi connectivity index (χ0n) is 10.5. The van der Waals surface area contributed by atoms with Crippen molar-refractivity contribution in [3.05, 3.63) is 38.3 Å². The van der Waals surface area contributed by atoms with Gasteiger partial charge < -0.3 is 10.1 Å². The van der Waals surface area contributed by atoms with Crippen molar-refractivity contribution in [3.8, 4) is 0 Å². The monoisotopic (exact) mass is 316 g/mol. The summed E-state index contributed by atoms with van der Waals surface area (Å²) in [5, 5.41) is 13.8. The van der Waals surface area contributed by atoms with E-state index in [4.69, 9.17) is 4.74 Å². The normalized spacial score (nSPS) is 10.9. The fraction of sp³-hybridized carbons (Fsp3) is 0.500. The molecule has 0 atom stereocenters. The lowest BCUT2D eigenvalue weighted by molar-refractivity contribution is -0.384. The van der Waals surface area contributed by atoms with E-state index in [1.165, 1.54) is 12.1 Å². The second-order valence-corrected chi connectivity index (χ2v) is 5.05. The van der Waals surface area contributed by atoms with Crippen molar-refractivity contribution in [2.24, 2.45) is 0 Å². The number of benzene rings is 1. The highest BCUT2D eigenvalue weighted by Gasteiger charge is 2.08.